The van der Waals surface area contributed by atoms with Crippen LogP contribution in [0.4, 0.5) is 0 Å². The molecule has 0 spiro atoms. The third kappa shape index (κ3) is 2.56. The molecule has 14 heavy (non-hydrogen) atoms. The topological polar surface area (TPSA) is 47.3 Å². The summed E-state index contributed by atoms with van der Waals surface area (Å²) in [6.07, 6.45) is 4.07. The van der Waals surface area contributed by atoms with Gasteiger partial charge in [-0.3, -0.25) is 0 Å². The van der Waals surface area contributed by atoms with Crippen molar-refractivity contribution in [1.82, 2.24) is 10.3 Å². The molecule has 0 saturated carbocycles. The highest BCUT2D eigenvalue weighted by Gasteiger charge is 2.13. The number of nitrogens with one attached hydrogen (secondary N) is 1. The highest BCUT2D eigenvalue weighted by atomic mass is 16.5. The molecule has 1 unspecified atom stereocenters. The molecule has 0 amide bonds. The van der Waals surface area contributed by atoms with Crippen LogP contribution in [-0.2, 0) is 11.3 Å². The molecule has 2 rings (SSSR count). The van der Waals surface area contributed by atoms with Crippen molar-refractivity contribution < 1.29 is 9.15 Å². The summed E-state index contributed by atoms with van der Waals surface area (Å²) in [6.45, 7) is 4.30. The van der Waals surface area contributed by atoms with Gasteiger partial charge in [0.15, 0.2) is 0 Å². The Hall–Kier alpha value is -0.870. The summed E-state index contributed by atoms with van der Waals surface area (Å²) in [4.78, 5) is 4.13. The minimum absolute atomic E-state index is 0.455. The van der Waals surface area contributed by atoms with E-state index in [4.69, 9.17) is 9.15 Å². The van der Waals surface area contributed by atoms with E-state index in [2.05, 4.69) is 10.3 Å². The summed E-state index contributed by atoms with van der Waals surface area (Å²) >= 11 is 0. The number of ether oxygens (including phenoxy) is 1. The summed E-state index contributed by atoms with van der Waals surface area (Å²) in [5.74, 6) is 1.62. The molecule has 1 saturated heterocycles. The van der Waals surface area contributed by atoms with Crippen molar-refractivity contribution >= 4 is 0 Å². The number of hydrogen-bond donors (Lipinski definition) is 1. The van der Waals surface area contributed by atoms with Crippen molar-refractivity contribution in [3.8, 4) is 0 Å². The summed E-state index contributed by atoms with van der Waals surface area (Å²) in [5, 5.41) is 3.37. The Morgan fingerprint density at radius 1 is 1.64 bits per heavy atom. The SMILES string of the molecule is Cc1cnc(CNC2CCCOC2)o1. The zero-order valence-corrected chi connectivity index (χ0v) is 8.45. The minimum atomic E-state index is 0.455. The Morgan fingerprint density at radius 3 is 3.21 bits per heavy atom. The van der Waals surface area contributed by atoms with Gasteiger partial charge < -0.3 is 14.5 Å². The van der Waals surface area contributed by atoms with Gasteiger partial charge in [0.1, 0.15) is 5.76 Å². The lowest BCUT2D eigenvalue weighted by molar-refractivity contribution is 0.0691. The van der Waals surface area contributed by atoms with Gasteiger partial charge in [-0.15, -0.1) is 0 Å². The summed E-state index contributed by atoms with van der Waals surface area (Å²) < 4.78 is 10.7. The van der Waals surface area contributed by atoms with Crippen molar-refractivity contribution in [3.63, 3.8) is 0 Å². The molecule has 1 aromatic rings. The molecule has 0 bridgehead atoms. The molecule has 0 radical (unpaired) electrons. The average Bonchev–Trinajstić information content (AvgIpc) is 2.63. The van der Waals surface area contributed by atoms with Crippen LogP contribution >= 0.6 is 0 Å². The molecule has 1 aliphatic heterocycles. The average molecular weight is 196 g/mol. The van der Waals surface area contributed by atoms with E-state index in [0.29, 0.717) is 12.6 Å². The third-order valence-electron chi connectivity index (χ3n) is 2.37. The van der Waals surface area contributed by atoms with Crippen LogP contribution in [0.25, 0.3) is 0 Å². The van der Waals surface area contributed by atoms with Crippen molar-refractivity contribution in [1.29, 1.82) is 0 Å². The van der Waals surface area contributed by atoms with Gasteiger partial charge in [-0.2, -0.15) is 0 Å². The van der Waals surface area contributed by atoms with Crippen LogP contribution in [0.1, 0.15) is 24.5 Å². The molecule has 0 aromatic carbocycles. The van der Waals surface area contributed by atoms with Gasteiger partial charge in [-0.1, -0.05) is 0 Å². The van der Waals surface area contributed by atoms with Crippen LogP contribution in [-0.4, -0.2) is 24.2 Å². The van der Waals surface area contributed by atoms with E-state index in [1.807, 2.05) is 6.92 Å². The first-order chi connectivity index (χ1) is 6.84. The molecule has 0 aliphatic carbocycles. The van der Waals surface area contributed by atoms with E-state index in [0.717, 1.165) is 31.3 Å². The maximum atomic E-state index is 5.36. The second-order valence-corrected chi connectivity index (χ2v) is 3.66. The molecule has 1 fully saturated rings. The predicted molar refractivity (Wildman–Crippen MR) is 51.9 cm³/mol. The highest BCUT2D eigenvalue weighted by Crippen LogP contribution is 2.07. The number of oxazole rings is 1. The van der Waals surface area contributed by atoms with E-state index >= 15 is 0 Å². The molecular formula is C10H16N2O2. The van der Waals surface area contributed by atoms with Crippen LogP contribution in [0.2, 0.25) is 0 Å². The van der Waals surface area contributed by atoms with Crippen LogP contribution < -0.4 is 5.32 Å². The van der Waals surface area contributed by atoms with Crippen molar-refractivity contribution in [3.05, 3.63) is 17.8 Å². The predicted octanol–water partition coefficient (Wildman–Crippen LogP) is 1.25. The Balaban J connectivity index is 1.76. The van der Waals surface area contributed by atoms with Crippen molar-refractivity contribution in [2.75, 3.05) is 13.2 Å². The summed E-state index contributed by atoms with van der Waals surface area (Å²) in [6, 6.07) is 0.455. The van der Waals surface area contributed by atoms with E-state index in [1.54, 1.807) is 6.20 Å². The number of aryl methyl sites for hydroxylation is 1. The standard InChI is InChI=1S/C10H16N2O2/c1-8-5-12-10(14-8)6-11-9-3-2-4-13-7-9/h5,9,11H,2-4,6-7H2,1H3. The van der Waals surface area contributed by atoms with Gasteiger partial charge >= 0.3 is 0 Å². The second kappa shape index (κ2) is 4.57. The molecule has 1 atom stereocenters. The van der Waals surface area contributed by atoms with Gasteiger partial charge in [0.25, 0.3) is 0 Å². The zero-order chi connectivity index (χ0) is 9.80. The minimum Gasteiger partial charge on any atom is -0.445 e. The van der Waals surface area contributed by atoms with E-state index in [9.17, 15) is 0 Å². The molecule has 4 nitrogen and oxygen atoms in total. The number of nitrogens with zero attached hydrogens (tertiary/aromatic N) is 1. The van der Waals surface area contributed by atoms with Crippen LogP contribution in [0.15, 0.2) is 10.6 Å². The Morgan fingerprint density at radius 2 is 2.57 bits per heavy atom. The van der Waals surface area contributed by atoms with Gasteiger partial charge in [-0.05, 0) is 19.8 Å². The van der Waals surface area contributed by atoms with Crippen LogP contribution in [0, 0.1) is 6.92 Å². The second-order valence-electron chi connectivity index (χ2n) is 3.66. The normalized spacial score (nSPS) is 22.5. The lowest BCUT2D eigenvalue weighted by Crippen LogP contribution is -2.36. The van der Waals surface area contributed by atoms with E-state index < -0.39 is 0 Å². The zero-order valence-electron chi connectivity index (χ0n) is 8.45. The molecule has 78 valence electrons. The fourth-order valence-electron chi connectivity index (χ4n) is 1.62. The fourth-order valence-corrected chi connectivity index (χ4v) is 1.62. The number of hydrogen-bond acceptors (Lipinski definition) is 4. The maximum Gasteiger partial charge on any atom is 0.208 e. The molecule has 1 N–H and O–H groups in total. The fraction of sp³-hybridized carbons (Fsp3) is 0.700. The van der Waals surface area contributed by atoms with Gasteiger partial charge in [0.2, 0.25) is 5.89 Å². The van der Waals surface area contributed by atoms with Gasteiger partial charge in [0, 0.05) is 12.6 Å². The molecule has 1 aromatic heterocycles. The molecule has 1 aliphatic rings. The van der Waals surface area contributed by atoms with Crippen molar-refractivity contribution in [2.45, 2.75) is 32.4 Å². The van der Waals surface area contributed by atoms with Crippen LogP contribution in [0.3, 0.4) is 0 Å². The van der Waals surface area contributed by atoms with Gasteiger partial charge in [0.05, 0.1) is 19.3 Å². The molecule has 2 heterocycles. The first-order valence-electron chi connectivity index (χ1n) is 5.07. The first kappa shape index (κ1) is 9.68. The monoisotopic (exact) mass is 196 g/mol. The largest absolute Gasteiger partial charge is 0.445 e. The molecular weight excluding hydrogens is 180 g/mol. The lowest BCUT2D eigenvalue weighted by atomic mass is 10.1. The van der Waals surface area contributed by atoms with E-state index in [-0.39, 0.29) is 0 Å². The number of aromatic nitrogens is 1. The molecule has 4 heteroatoms. The Kier molecular flexibility index (Phi) is 3.16. The number of rotatable bonds is 3. The van der Waals surface area contributed by atoms with Crippen LogP contribution in [0.5, 0.6) is 0 Å². The first-order valence-corrected chi connectivity index (χ1v) is 5.07. The smallest absolute Gasteiger partial charge is 0.208 e. The Labute approximate surface area is 83.7 Å². The van der Waals surface area contributed by atoms with Crippen molar-refractivity contribution in [2.24, 2.45) is 0 Å². The van der Waals surface area contributed by atoms with E-state index in [1.165, 1.54) is 6.42 Å². The summed E-state index contributed by atoms with van der Waals surface area (Å²) in [5.41, 5.74) is 0. The highest BCUT2D eigenvalue weighted by molar-refractivity contribution is 4.90. The quantitative estimate of drug-likeness (QED) is 0.790. The van der Waals surface area contributed by atoms with Gasteiger partial charge in [-0.25, -0.2) is 4.98 Å². The maximum absolute atomic E-state index is 5.36. The summed E-state index contributed by atoms with van der Waals surface area (Å²) in [7, 11) is 0. The third-order valence-corrected chi connectivity index (χ3v) is 2.37. The lowest BCUT2D eigenvalue weighted by Gasteiger charge is -2.22. The Bertz CT molecular complexity index is 279.